The zero-order chi connectivity index (χ0) is 14.5. The fraction of sp³-hybridized carbons (Fsp3) is 0.294. The van der Waals surface area contributed by atoms with Crippen molar-refractivity contribution in [2.45, 2.75) is 20.3 Å². The molecule has 3 heteroatoms. The van der Waals surface area contributed by atoms with Gasteiger partial charge in [0.05, 0.1) is 0 Å². The molecule has 20 heavy (non-hydrogen) atoms. The van der Waals surface area contributed by atoms with E-state index in [9.17, 15) is 0 Å². The SMILES string of the molecule is Cc1cccc(I)c1-c1c(C)cccc1NCCCO. The minimum Gasteiger partial charge on any atom is -0.396 e. The summed E-state index contributed by atoms with van der Waals surface area (Å²) in [4.78, 5) is 0. The molecule has 0 aliphatic rings. The molecule has 0 aliphatic carbocycles. The van der Waals surface area contributed by atoms with Crippen LogP contribution in [-0.2, 0) is 0 Å². The maximum absolute atomic E-state index is 8.93. The number of halogens is 1. The fourth-order valence-electron chi connectivity index (χ4n) is 2.40. The quantitative estimate of drug-likeness (QED) is 0.596. The first kappa shape index (κ1) is 15.3. The highest BCUT2D eigenvalue weighted by Crippen LogP contribution is 2.36. The molecule has 2 nitrogen and oxygen atoms in total. The Hall–Kier alpha value is -1.07. The summed E-state index contributed by atoms with van der Waals surface area (Å²) in [5.74, 6) is 0. The van der Waals surface area contributed by atoms with E-state index in [2.05, 4.69) is 78.2 Å². The molecule has 0 unspecified atom stereocenters. The maximum Gasteiger partial charge on any atom is 0.0447 e. The molecular weight excluding hydrogens is 361 g/mol. The lowest BCUT2D eigenvalue weighted by Crippen LogP contribution is -2.06. The summed E-state index contributed by atoms with van der Waals surface area (Å²) >= 11 is 2.40. The van der Waals surface area contributed by atoms with Crippen molar-refractivity contribution < 1.29 is 5.11 Å². The van der Waals surface area contributed by atoms with Crippen LogP contribution < -0.4 is 5.32 Å². The van der Waals surface area contributed by atoms with Crippen LogP contribution in [-0.4, -0.2) is 18.3 Å². The van der Waals surface area contributed by atoms with Crippen LogP contribution in [0.25, 0.3) is 11.1 Å². The Balaban J connectivity index is 2.49. The van der Waals surface area contributed by atoms with Gasteiger partial charge in [-0.3, -0.25) is 0 Å². The number of aliphatic hydroxyl groups excluding tert-OH is 1. The average molecular weight is 381 g/mol. The van der Waals surface area contributed by atoms with E-state index in [0.29, 0.717) is 0 Å². The summed E-state index contributed by atoms with van der Waals surface area (Å²) in [5.41, 5.74) is 6.28. The first-order valence-corrected chi connectivity index (χ1v) is 7.93. The largest absolute Gasteiger partial charge is 0.396 e. The van der Waals surface area contributed by atoms with Crippen LogP contribution in [0.4, 0.5) is 5.69 Å². The molecule has 0 aliphatic heterocycles. The van der Waals surface area contributed by atoms with Gasteiger partial charge in [0.1, 0.15) is 0 Å². The summed E-state index contributed by atoms with van der Waals surface area (Å²) in [6.07, 6.45) is 0.762. The lowest BCUT2D eigenvalue weighted by atomic mass is 9.95. The van der Waals surface area contributed by atoms with Crippen LogP contribution in [0.2, 0.25) is 0 Å². The van der Waals surface area contributed by atoms with E-state index in [1.165, 1.54) is 25.8 Å². The highest BCUT2D eigenvalue weighted by molar-refractivity contribution is 14.1. The van der Waals surface area contributed by atoms with E-state index in [0.717, 1.165) is 18.7 Å². The highest BCUT2D eigenvalue weighted by Gasteiger charge is 2.13. The first-order chi connectivity index (χ1) is 9.65. The zero-order valence-electron chi connectivity index (χ0n) is 11.9. The number of aryl methyl sites for hydroxylation is 2. The van der Waals surface area contributed by atoms with Crippen LogP contribution in [0.1, 0.15) is 17.5 Å². The van der Waals surface area contributed by atoms with Gasteiger partial charge in [0.15, 0.2) is 0 Å². The Morgan fingerprint density at radius 3 is 2.30 bits per heavy atom. The van der Waals surface area contributed by atoms with Crippen molar-refractivity contribution >= 4 is 28.3 Å². The molecule has 2 aromatic rings. The Labute approximate surface area is 134 Å². The van der Waals surface area contributed by atoms with Crippen molar-refractivity contribution in [3.8, 4) is 11.1 Å². The lowest BCUT2D eigenvalue weighted by molar-refractivity contribution is 0.292. The summed E-state index contributed by atoms with van der Waals surface area (Å²) < 4.78 is 1.27. The van der Waals surface area contributed by atoms with Gasteiger partial charge in [0.25, 0.3) is 0 Å². The molecule has 0 heterocycles. The van der Waals surface area contributed by atoms with Crippen LogP contribution in [0.15, 0.2) is 36.4 Å². The van der Waals surface area contributed by atoms with Gasteiger partial charge in [-0.05, 0) is 66.1 Å². The normalized spacial score (nSPS) is 10.6. The molecule has 0 amide bonds. The zero-order valence-corrected chi connectivity index (χ0v) is 14.1. The Bertz CT molecular complexity index is 575. The number of rotatable bonds is 5. The summed E-state index contributed by atoms with van der Waals surface area (Å²) in [6, 6.07) is 12.7. The van der Waals surface area contributed by atoms with Crippen molar-refractivity contribution in [3.05, 3.63) is 51.1 Å². The number of anilines is 1. The van der Waals surface area contributed by atoms with Crippen LogP contribution in [0.3, 0.4) is 0 Å². The van der Waals surface area contributed by atoms with Gasteiger partial charge in [-0.1, -0.05) is 24.3 Å². The van der Waals surface area contributed by atoms with Crippen LogP contribution >= 0.6 is 22.6 Å². The van der Waals surface area contributed by atoms with Gasteiger partial charge in [-0.2, -0.15) is 0 Å². The Kier molecular flexibility index (Phi) is 5.43. The molecular formula is C17H20INO. The third-order valence-corrected chi connectivity index (χ3v) is 4.29. The predicted octanol–water partition coefficient (Wildman–Crippen LogP) is 4.37. The number of hydrogen-bond donors (Lipinski definition) is 2. The molecule has 0 radical (unpaired) electrons. The Morgan fingerprint density at radius 1 is 1.00 bits per heavy atom. The molecule has 2 aromatic carbocycles. The highest BCUT2D eigenvalue weighted by atomic mass is 127. The number of benzene rings is 2. The molecule has 2 N–H and O–H groups in total. The monoisotopic (exact) mass is 381 g/mol. The molecule has 0 spiro atoms. The van der Waals surface area contributed by atoms with E-state index in [1.54, 1.807) is 0 Å². The van der Waals surface area contributed by atoms with Crippen LogP contribution in [0.5, 0.6) is 0 Å². The van der Waals surface area contributed by atoms with Crippen LogP contribution in [0, 0.1) is 17.4 Å². The molecule has 106 valence electrons. The van der Waals surface area contributed by atoms with Gasteiger partial charge in [-0.15, -0.1) is 0 Å². The maximum atomic E-state index is 8.93. The molecule has 0 saturated carbocycles. The number of hydrogen-bond acceptors (Lipinski definition) is 2. The van der Waals surface area contributed by atoms with E-state index >= 15 is 0 Å². The van der Waals surface area contributed by atoms with E-state index < -0.39 is 0 Å². The smallest absolute Gasteiger partial charge is 0.0447 e. The molecule has 0 atom stereocenters. The first-order valence-electron chi connectivity index (χ1n) is 6.85. The van der Waals surface area contributed by atoms with Gasteiger partial charge >= 0.3 is 0 Å². The lowest BCUT2D eigenvalue weighted by Gasteiger charge is -2.17. The predicted molar refractivity (Wildman–Crippen MR) is 94.3 cm³/mol. The standard InChI is InChI=1S/C17H20INO/c1-12-6-3-8-14(18)16(12)17-13(2)7-4-9-15(17)19-10-5-11-20/h3-4,6-9,19-20H,5,10-11H2,1-2H3. The van der Waals surface area contributed by atoms with E-state index in [4.69, 9.17) is 5.11 Å². The van der Waals surface area contributed by atoms with Gasteiger partial charge in [-0.25, -0.2) is 0 Å². The minimum absolute atomic E-state index is 0.218. The third kappa shape index (κ3) is 3.33. The second-order valence-electron chi connectivity index (χ2n) is 4.93. The molecule has 0 aromatic heterocycles. The summed E-state index contributed by atoms with van der Waals surface area (Å²) in [5, 5.41) is 12.4. The van der Waals surface area contributed by atoms with Crippen molar-refractivity contribution in [2.75, 3.05) is 18.5 Å². The fourth-order valence-corrected chi connectivity index (χ4v) is 3.30. The van der Waals surface area contributed by atoms with E-state index in [1.807, 2.05) is 0 Å². The number of aliphatic hydroxyl groups is 1. The molecule has 2 rings (SSSR count). The van der Waals surface area contributed by atoms with Gasteiger partial charge in [0, 0.05) is 33.5 Å². The van der Waals surface area contributed by atoms with E-state index in [-0.39, 0.29) is 6.61 Å². The average Bonchev–Trinajstić information content (AvgIpc) is 2.41. The topological polar surface area (TPSA) is 32.3 Å². The summed E-state index contributed by atoms with van der Waals surface area (Å²) in [6.45, 7) is 5.31. The Morgan fingerprint density at radius 2 is 1.65 bits per heavy atom. The van der Waals surface area contributed by atoms with Crippen molar-refractivity contribution in [2.24, 2.45) is 0 Å². The van der Waals surface area contributed by atoms with Gasteiger partial charge < -0.3 is 10.4 Å². The second-order valence-corrected chi connectivity index (χ2v) is 6.10. The number of nitrogens with one attached hydrogen (secondary N) is 1. The second kappa shape index (κ2) is 7.09. The minimum atomic E-state index is 0.218. The van der Waals surface area contributed by atoms with Crippen molar-refractivity contribution in [3.63, 3.8) is 0 Å². The molecule has 0 saturated heterocycles. The third-order valence-electron chi connectivity index (χ3n) is 3.40. The molecule has 0 fully saturated rings. The summed E-state index contributed by atoms with van der Waals surface area (Å²) in [7, 11) is 0. The van der Waals surface area contributed by atoms with Gasteiger partial charge in [0.2, 0.25) is 0 Å². The van der Waals surface area contributed by atoms with Crippen molar-refractivity contribution in [1.29, 1.82) is 0 Å². The molecule has 0 bridgehead atoms. The van der Waals surface area contributed by atoms with Crippen molar-refractivity contribution in [1.82, 2.24) is 0 Å².